The zero-order chi connectivity index (χ0) is 25.8. The Morgan fingerprint density at radius 1 is 0.595 bits per heavy atom. The summed E-state index contributed by atoms with van der Waals surface area (Å²) in [6.45, 7) is 0. The summed E-state index contributed by atoms with van der Waals surface area (Å²) in [7, 11) is 0. The first kappa shape index (κ1) is 26.0. The molecule has 0 aliphatic rings. The first-order valence-corrected chi connectivity index (χ1v) is 9.86. The quantitative estimate of drug-likeness (QED) is 0.275. The van der Waals surface area contributed by atoms with Crippen molar-refractivity contribution in [3.05, 3.63) is 72.3 Å². The second-order valence-electron chi connectivity index (χ2n) is 7.32. The molecule has 2 N–H and O–H groups in total. The van der Waals surface area contributed by atoms with Crippen LogP contribution < -0.4 is 0 Å². The molecular formula is C20H12F6N8O2Pt. The van der Waals surface area contributed by atoms with Crippen molar-refractivity contribution in [3.63, 3.8) is 0 Å². The Labute approximate surface area is 216 Å². The van der Waals surface area contributed by atoms with Crippen LogP contribution in [0.15, 0.2) is 60.9 Å². The van der Waals surface area contributed by atoms with E-state index in [-0.39, 0.29) is 32.7 Å². The Kier molecular flexibility index (Phi) is 6.40. The number of hydrogen-bond donors (Lipinski definition) is 2. The van der Waals surface area contributed by atoms with Gasteiger partial charge in [-0.3, -0.25) is 0 Å². The van der Waals surface area contributed by atoms with Crippen LogP contribution in [0.4, 0.5) is 26.3 Å². The normalized spacial score (nSPS) is 12.1. The Hall–Kier alpha value is -4.07. The number of alkyl halides is 6. The van der Waals surface area contributed by atoms with Crippen LogP contribution in [0.2, 0.25) is 0 Å². The van der Waals surface area contributed by atoms with Crippen molar-refractivity contribution in [3.8, 4) is 34.8 Å². The molecule has 5 rings (SSSR count). The maximum atomic E-state index is 12.9. The molecule has 4 heterocycles. The summed E-state index contributed by atoms with van der Waals surface area (Å²) in [4.78, 5) is 0. The summed E-state index contributed by atoms with van der Waals surface area (Å²) in [5.41, 5.74) is -1.84. The summed E-state index contributed by atoms with van der Waals surface area (Å²) in [5, 5.41) is 34.8. The van der Waals surface area contributed by atoms with Gasteiger partial charge in [0.05, 0.1) is 11.4 Å². The van der Waals surface area contributed by atoms with Crippen molar-refractivity contribution in [1.82, 2.24) is 39.1 Å². The van der Waals surface area contributed by atoms with Crippen molar-refractivity contribution < 1.29 is 57.6 Å². The van der Waals surface area contributed by atoms with Gasteiger partial charge in [-0.05, 0) is 12.1 Å². The van der Waals surface area contributed by atoms with Gasteiger partial charge in [-0.1, -0.05) is 12.1 Å². The van der Waals surface area contributed by atoms with E-state index in [0.29, 0.717) is 32.9 Å². The van der Waals surface area contributed by atoms with Crippen molar-refractivity contribution in [2.45, 2.75) is 12.4 Å². The predicted molar refractivity (Wildman–Crippen MR) is 108 cm³/mol. The average Bonchev–Trinajstić information content (AvgIpc) is 3.58. The van der Waals surface area contributed by atoms with E-state index < -0.39 is 35.5 Å². The fraction of sp³-hybridized carbons (Fsp3) is 0.100. The molecule has 4 aromatic heterocycles. The standard InChI is InChI=1S/C20H12F6N8O2.Pt/c21-19(22,23)13-9-17(35)33(27-13)15-5-7-31(29-15)11-3-1-2-4-12(11)32-8-6-16(30-32)34-18(36)10-14(28-34)20(24,25)26;/h1-10,35-36H;. The topological polar surface area (TPSA) is 112 Å². The van der Waals surface area contributed by atoms with Crippen LogP contribution in [0.25, 0.3) is 23.0 Å². The third kappa shape index (κ3) is 4.83. The van der Waals surface area contributed by atoms with Crippen molar-refractivity contribution in [2.75, 3.05) is 0 Å². The second-order valence-corrected chi connectivity index (χ2v) is 7.32. The molecule has 37 heavy (non-hydrogen) atoms. The molecule has 0 amide bonds. The molecule has 10 nitrogen and oxygen atoms in total. The van der Waals surface area contributed by atoms with E-state index in [1.54, 1.807) is 24.3 Å². The SMILES string of the molecule is Oc1cc(C(F)(F)F)nn1-c1ccn(-c2ccccc2-n2ccc(-n3nc(C(F)(F)F)cc3O)n2)n1.[Pt]. The van der Waals surface area contributed by atoms with E-state index in [1.807, 2.05) is 0 Å². The fourth-order valence-electron chi connectivity index (χ4n) is 3.33. The molecule has 0 spiro atoms. The summed E-state index contributed by atoms with van der Waals surface area (Å²) in [5.74, 6) is -1.76. The van der Waals surface area contributed by atoms with Crippen LogP contribution in [0.1, 0.15) is 11.4 Å². The monoisotopic (exact) mass is 705 g/mol. The number of halogens is 6. The molecule has 1 aromatic carbocycles. The molecule has 0 radical (unpaired) electrons. The summed E-state index contributed by atoms with van der Waals surface area (Å²) in [6, 6.07) is 10.1. The maximum absolute atomic E-state index is 12.9. The van der Waals surface area contributed by atoms with E-state index in [2.05, 4.69) is 20.4 Å². The Balaban J connectivity index is 0.00000320. The van der Waals surface area contributed by atoms with E-state index in [9.17, 15) is 36.6 Å². The molecule has 0 atom stereocenters. The molecule has 0 saturated heterocycles. The largest absolute Gasteiger partial charge is 0.493 e. The molecule has 0 aliphatic heterocycles. The average molecular weight is 705 g/mol. The second kappa shape index (κ2) is 9.10. The third-order valence-corrected chi connectivity index (χ3v) is 4.92. The zero-order valence-electron chi connectivity index (χ0n) is 17.8. The van der Waals surface area contributed by atoms with Gasteiger partial charge in [-0.25, -0.2) is 9.36 Å². The van der Waals surface area contributed by atoms with Crippen molar-refractivity contribution in [2.24, 2.45) is 0 Å². The molecule has 0 fully saturated rings. The minimum absolute atomic E-state index is 0. The van der Waals surface area contributed by atoms with Crippen LogP contribution in [-0.4, -0.2) is 49.3 Å². The van der Waals surface area contributed by atoms with E-state index >= 15 is 0 Å². The minimum Gasteiger partial charge on any atom is -0.493 e. The third-order valence-electron chi connectivity index (χ3n) is 4.92. The van der Waals surface area contributed by atoms with Gasteiger partial charge in [0.15, 0.2) is 23.0 Å². The van der Waals surface area contributed by atoms with Gasteiger partial charge in [0.2, 0.25) is 11.8 Å². The van der Waals surface area contributed by atoms with E-state index in [1.165, 1.54) is 33.9 Å². The van der Waals surface area contributed by atoms with Gasteiger partial charge in [-0.15, -0.1) is 10.2 Å². The van der Waals surface area contributed by atoms with Gasteiger partial charge in [-0.2, -0.15) is 45.9 Å². The first-order valence-electron chi connectivity index (χ1n) is 9.86. The molecule has 0 unspecified atom stereocenters. The fourth-order valence-corrected chi connectivity index (χ4v) is 3.33. The Morgan fingerprint density at radius 2 is 0.973 bits per heavy atom. The molecule has 5 aromatic rings. The van der Waals surface area contributed by atoms with Crippen LogP contribution in [-0.2, 0) is 33.4 Å². The zero-order valence-corrected chi connectivity index (χ0v) is 20.1. The van der Waals surface area contributed by atoms with Crippen LogP contribution in [0.3, 0.4) is 0 Å². The summed E-state index contributed by atoms with van der Waals surface area (Å²) in [6.07, 6.45) is -6.72. The van der Waals surface area contributed by atoms with Crippen molar-refractivity contribution in [1.29, 1.82) is 0 Å². The van der Waals surface area contributed by atoms with Crippen molar-refractivity contribution >= 4 is 0 Å². The molecule has 0 bridgehead atoms. The first-order chi connectivity index (χ1) is 16.9. The predicted octanol–water partition coefficient (Wildman–Crippen LogP) is 3.88. The molecular weight excluding hydrogens is 693 g/mol. The summed E-state index contributed by atoms with van der Waals surface area (Å²) < 4.78 is 81.3. The van der Waals surface area contributed by atoms with Gasteiger partial charge in [0.25, 0.3) is 0 Å². The number of rotatable bonds is 4. The Bertz CT molecular complexity index is 1450. The number of aromatic hydroxyl groups is 2. The summed E-state index contributed by atoms with van der Waals surface area (Å²) >= 11 is 0. The number of aromatic nitrogens is 8. The van der Waals surface area contributed by atoms with Crippen LogP contribution >= 0.6 is 0 Å². The van der Waals surface area contributed by atoms with Gasteiger partial charge in [0, 0.05) is 57.7 Å². The minimum atomic E-state index is -4.76. The molecule has 0 aliphatic carbocycles. The number of para-hydroxylation sites is 2. The maximum Gasteiger partial charge on any atom is 0.435 e. The number of nitrogens with zero attached hydrogens (tertiary/aromatic N) is 8. The van der Waals surface area contributed by atoms with Gasteiger partial charge >= 0.3 is 12.4 Å². The van der Waals surface area contributed by atoms with Gasteiger partial charge in [0.1, 0.15) is 0 Å². The van der Waals surface area contributed by atoms with Crippen LogP contribution in [0.5, 0.6) is 11.8 Å². The number of hydrogen-bond acceptors (Lipinski definition) is 6. The molecule has 17 heteroatoms. The Morgan fingerprint density at radius 3 is 1.30 bits per heavy atom. The molecule has 0 saturated carbocycles. The smallest absolute Gasteiger partial charge is 0.435 e. The van der Waals surface area contributed by atoms with Gasteiger partial charge < -0.3 is 10.2 Å². The number of benzene rings is 1. The van der Waals surface area contributed by atoms with E-state index in [4.69, 9.17) is 0 Å². The van der Waals surface area contributed by atoms with E-state index in [0.717, 1.165) is 0 Å². The van der Waals surface area contributed by atoms with Crippen LogP contribution in [0, 0.1) is 0 Å². The molecule has 196 valence electrons.